The molecule has 0 spiro atoms. The Kier molecular flexibility index (Phi) is 4.60. The molecule has 2 aromatic rings. The molecule has 0 atom stereocenters. The zero-order valence-corrected chi connectivity index (χ0v) is 13.8. The van der Waals surface area contributed by atoms with E-state index >= 15 is 0 Å². The monoisotopic (exact) mass is 334 g/mol. The summed E-state index contributed by atoms with van der Waals surface area (Å²) in [5, 5.41) is 22.7. The van der Waals surface area contributed by atoms with Crippen molar-refractivity contribution in [3.63, 3.8) is 0 Å². The van der Waals surface area contributed by atoms with Crippen LogP contribution in [0.25, 0.3) is 0 Å². The third-order valence-electron chi connectivity index (χ3n) is 3.30. The number of aromatic hydroxyl groups is 2. The number of benzene rings is 2. The van der Waals surface area contributed by atoms with Gasteiger partial charge in [-0.1, -0.05) is 23.8 Å². The van der Waals surface area contributed by atoms with Crippen LogP contribution in [0.1, 0.15) is 22.3 Å². The summed E-state index contributed by atoms with van der Waals surface area (Å²) in [4.78, 5) is 2.30. The van der Waals surface area contributed by atoms with E-state index in [1.807, 2.05) is 6.92 Å². The molecule has 2 rings (SSSR count). The molecule has 3 N–H and O–H groups in total. The van der Waals surface area contributed by atoms with Gasteiger partial charge in [0.1, 0.15) is 0 Å². The second-order valence-corrected chi connectivity index (χ2v) is 6.89. The van der Waals surface area contributed by atoms with Crippen LogP contribution in [-0.2, 0) is 10.0 Å². The van der Waals surface area contributed by atoms with Crippen molar-refractivity contribution in [1.82, 2.24) is 4.83 Å². The highest BCUT2D eigenvalue weighted by Gasteiger charge is 2.19. The maximum Gasteiger partial charge on any atom is 0.277 e. The second-order valence-electron chi connectivity index (χ2n) is 5.30. The number of phenolic OH excluding ortho intramolecular Hbond substituents is 2. The smallest absolute Gasteiger partial charge is 0.277 e. The maximum atomic E-state index is 12.4. The molecule has 0 bridgehead atoms. The van der Waals surface area contributed by atoms with Crippen LogP contribution >= 0.6 is 0 Å². The number of phenols is 2. The van der Waals surface area contributed by atoms with Gasteiger partial charge in [0.25, 0.3) is 10.0 Å². The summed E-state index contributed by atoms with van der Waals surface area (Å²) in [6.45, 7) is 5.34. The predicted octanol–water partition coefficient (Wildman–Crippen LogP) is 2.34. The molecule has 0 amide bonds. The van der Waals surface area contributed by atoms with Gasteiger partial charge in [-0.05, 0) is 44.0 Å². The van der Waals surface area contributed by atoms with E-state index in [9.17, 15) is 18.6 Å². The lowest BCUT2D eigenvalue weighted by molar-refractivity contribution is 0.403. The maximum absolute atomic E-state index is 12.4. The SMILES string of the molecule is Cc1cc(C)c(S(=O)(=O)N/N=C\c2cccc(O)c2O)c(C)c1. The zero-order valence-electron chi connectivity index (χ0n) is 13.0. The molecule has 0 radical (unpaired) electrons. The quantitative estimate of drug-likeness (QED) is 0.454. The molecular formula is C16H18N2O4S. The normalized spacial score (nSPS) is 11.8. The molecule has 0 saturated carbocycles. The van der Waals surface area contributed by atoms with E-state index in [0.29, 0.717) is 11.1 Å². The molecule has 0 aliphatic rings. The van der Waals surface area contributed by atoms with Gasteiger partial charge in [-0.2, -0.15) is 13.5 Å². The van der Waals surface area contributed by atoms with Crippen LogP contribution in [-0.4, -0.2) is 24.8 Å². The third-order valence-corrected chi connectivity index (χ3v) is 4.82. The first-order valence-corrected chi connectivity index (χ1v) is 8.34. The van der Waals surface area contributed by atoms with Crippen LogP contribution in [0.2, 0.25) is 0 Å². The number of nitrogens with one attached hydrogen (secondary N) is 1. The van der Waals surface area contributed by atoms with Gasteiger partial charge in [0, 0.05) is 5.56 Å². The number of hydrogen-bond acceptors (Lipinski definition) is 5. The van der Waals surface area contributed by atoms with Gasteiger partial charge >= 0.3 is 0 Å². The first kappa shape index (κ1) is 16.8. The van der Waals surface area contributed by atoms with Crippen LogP contribution < -0.4 is 4.83 Å². The van der Waals surface area contributed by atoms with E-state index in [4.69, 9.17) is 0 Å². The zero-order chi connectivity index (χ0) is 17.2. The topological polar surface area (TPSA) is 99.0 Å². The molecule has 0 unspecified atom stereocenters. The highest BCUT2D eigenvalue weighted by Crippen LogP contribution is 2.26. The van der Waals surface area contributed by atoms with Gasteiger partial charge in [-0.25, -0.2) is 4.83 Å². The largest absolute Gasteiger partial charge is 0.504 e. The second kappa shape index (κ2) is 6.29. The van der Waals surface area contributed by atoms with Crippen molar-refractivity contribution in [3.05, 3.63) is 52.6 Å². The summed E-state index contributed by atoms with van der Waals surface area (Å²) in [5.74, 6) is -0.667. The first-order chi connectivity index (χ1) is 10.7. The van der Waals surface area contributed by atoms with Gasteiger partial charge in [0.15, 0.2) is 11.5 Å². The Morgan fingerprint density at radius 2 is 1.70 bits per heavy atom. The fraction of sp³-hybridized carbons (Fsp3) is 0.188. The Bertz CT molecular complexity index is 851. The first-order valence-electron chi connectivity index (χ1n) is 6.86. The van der Waals surface area contributed by atoms with Crippen molar-refractivity contribution >= 4 is 16.2 Å². The molecule has 23 heavy (non-hydrogen) atoms. The van der Waals surface area contributed by atoms with Gasteiger partial charge < -0.3 is 10.2 Å². The van der Waals surface area contributed by atoms with E-state index in [0.717, 1.165) is 11.8 Å². The fourth-order valence-corrected chi connectivity index (χ4v) is 3.70. The van der Waals surface area contributed by atoms with E-state index in [-0.39, 0.29) is 22.0 Å². The number of rotatable bonds is 4. The molecule has 122 valence electrons. The molecule has 0 heterocycles. The Morgan fingerprint density at radius 1 is 1.09 bits per heavy atom. The number of hydrazone groups is 1. The summed E-state index contributed by atoms with van der Waals surface area (Å²) in [6.07, 6.45) is 1.13. The van der Waals surface area contributed by atoms with Crippen molar-refractivity contribution in [2.75, 3.05) is 0 Å². The number of aryl methyl sites for hydroxylation is 3. The lowest BCUT2D eigenvalue weighted by atomic mass is 10.1. The lowest BCUT2D eigenvalue weighted by Gasteiger charge is -2.11. The molecule has 6 nitrogen and oxygen atoms in total. The van der Waals surface area contributed by atoms with Crippen LogP contribution in [0.4, 0.5) is 0 Å². The number of para-hydroxylation sites is 1. The van der Waals surface area contributed by atoms with Gasteiger partial charge in [-0.3, -0.25) is 0 Å². The predicted molar refractivity (Wildman–Crippen MR) is 88.3 cm³/mol. The molecule has 0 aromatic heterocycles. The van der Waals surface area contributed by atoms with Crippen molar-refractivity contribution in [1.29, 1.82) is 0 Å². The Balaban J connectivity index is 2.29. The van der Waals surface area contributed by atoms with Crippen LogP contribution in [0.15, 0.2) is 40.3 Å². The molecule has 0 aliphatic carbocycles. The summed E-state index contributed by atoms with van der Waals surface area (Å²) >= 11 is 0. The average molecular weight is 334 g/mol. The van der Waals surface area contributed by atoms with Gasteiger partial charge in [-0.15, -0.1) is 0 Å². The highest BCUT2D eigenvalue weighted by molar-refractivity contribution is 7.89. The number of nitrogens with zero attached hydrogens (tertiary/aromatic N) is 1. The van der Waals surface area contributed by atoms with E-state index in [1.165, 1.54) is 18.2 Å². The molecule has 0 aliphatic heterocycles. The van der Waals surface area contributed by atoms with E-state index in [1.54, 1.807) is 26.0 Å². The number of sulfonamides is 1. The molecule has 0 saturated heterocycles. The van der Waals surface area contributed by atoms with Crippen LogP contribution in [0.5, 0.6) is 11.5 Å². The molecular weight excluding hydrogens is 316 g/mol. The Labute approximate surface area is 135 Å². The summed E-state index contributed by atoms with van der Waals surface area (Å²) < 4.78 is 24.8. The standard InChI is InChI=1S/C16H18N2O4S/c1-10-7-11(2)16(12(3)8-10)23(21,22)18-17-9-13-5-4-6-14(19)15(13)20/h4-9,18-20H,1-3H3/b17-9-. The van der Waals surface area contributed by atoms with Gasteiger partial charge in [0.05, 0.1) is 11.1 Å². The van der Waals surface area contributed by atoms with Crippen molar-refractivity contribution in [2.45, 2.75) is 25.7 Å². The molecule has 2 aromatic carbocycles. The van der Waals surface area contributed by atoms with Crippen molar-refractivity contribution in [3.8, 4) is 11.5 Å². The van der Waals surface area contributed by atoms with Crippen LogP contribution in [0, 0.1) is 20.8 Å². The number of hydrogen-bond donors (Lipinski definition) is 3. The minimum Gasteiger partial charge on any atom is -0.504 e. The minimum absolute atomic E-state index is 0.181. The van der Waals surface area contributed by atoms with Crippen molar-refractivity contribution in [2.24, 2.45) is 5.10 Å². The highest BCUT2D eigenvalue weighted by atomic mass is 32.2. The summed E-state index contributed by atoms with van der Waals surface area (Å²) in [6, 6.07) is 7.89. The van der Waals surface area contributed by atoms with E-state index in [2.05, 4.69) is 9.93 Å². The Morgan fingerprint density at radius 3 is 2.30 bits per heavy atom. The summed E-state index contributed by atoms with van der Waals surface area (Å²) in [7, 11) is -3.82. The lowest BCUT2D eigenvalue weighted by Crippen LogP contribution is -2.20. The van der Waals surface area contributed by atoms with Gasteiger partial charge in [0.2, 0.25) is 0 Å². The summed E-state index contributed by atoms with van der Waals surface area (Å²) in [5.41, 5.74) is 2.44. The third kappa shape index (κ3) is 3.62. The van der Waals surface area contributed by atoms with Crippen molar-refractivity contribution < 1.29 is 18.6 Å². The molecule has 7 heteroatoms. The van der Waals surface area contributed by atoms with Crippen LogP contribution in [0.3, 0.4) is 0 Å². The Hall–Kier alpha value is -2.54. The minimum atomic E-state index is -3.82. The molecule has 0 fully saturated rings. The van der Waals surface area contributed by atoms with E-state index < -0.39 is 10.0 Å². The average Bonchev–Trinajstić information content (AvgIpc) is 2.41. The fourth-order valence-electron chi connectivity index (χ4n) is 2.45.